The van der Waals surface area contributed by atoms with Crippen LogP contribution in [0.2, 0.25) is 0 Å². The SMILES string of the molecule is Cn1nc(-c2ccc(N)cc2)c2c1CCCC2CC#N. The molecule has 0 amide bonds. The standard InChI is InChI=1S/C16H18N4/c1-20-14-4-2-3-11(9-10-17)15(14)16(19-20)12-5-7-13(18)8-6-12/h5-8,11H,2-4,9,18H2,1H3. The maximum atomic E-state index is 9.05. The number of fused-ring (bicyclic) bond motifs is 1. The average Bonchev–Trinajstić information content (AvgIpc) is 2.79. The van der Waals surface area contributed by atoms with Crippen LogP contribution in [0, 0.1) is 11.3 Å². The van der Waals surface area contributed by atoms with Crippen LogP contribution in [0.1, 0.15) is 36.4 Å². The second-order valence-corrected chi connectivity index (χ2v) is 5.41. The van der Waals surface area contributed by atoms with Crippen molar-refractivity contribution in [2.75, 3.05) is 5.73 Å². The highest BCUT2D eigenvalue weighted by atomic mass is 15.3. The van der Waals surface area contributed by atoms with Crippen LogP contribution in [0.4, 0.5) is 5.69 Å². The van der Waals surface area contributed by atoms with Gasteiger partial charge in [0.05, 0.1) is 11.8 Å². The summed E-state index contributed by atoms with van der Waals surface area (Å²) in [6, 6.07) is 10.1. The summed E-state index contributed by atoms with van der Waals surface area (Å²) < 4.78 is 1.98. The largest absolute Gasteiger partial charge is 0.399 e. The van der Waals surface area contributed by atoms with Gasteiger partial charge in [0.25, 0.3) is 0 Å². The Morgan fingerprint density at radius 2 is 2.15 bits per heavy atom. The van der Waals surface area contributed by atoms with Gasteiger partial charge < -0.3 is 5.73 Å². The van der Waals surface area contributed by atoms with E-state index in [1.54, 1.807) is 0 Å². The van der Waals surface area contributed by atoms with E-state index in [0.29, 0.717) is 12.3 Å². The maximum absolute atomic E-state index is 9.05. The molecule has 0 aliphatic heterocycles. The van der Waals surface area contributed by atoms with Crippen LogP contribution in [-0.2, 0) is 13.5 Å². The van der Waals surface area contributed by atoms with Crippen LogP contribution in [-0.4, -0.2) is 9.78 Å². The molecular weight excluding hydrogens is 248 g/mol. The van der Waals surface area contributed by atoms with Crippen molar-refractivity contribution in [3.05, 3.63) is 35.5 Å². The number of nitrogen functional groups attached to an aromatic ring is 1. The number of nitrogens with zero attached hydrogens (tertiary/aromatic N) is 3. The van der Waals surface area contributed by atoms with Gasteiger partial charge in [-0.3, -0.25) is 4.68 Å². The molecule has 0 spiro atoms. The molecule has 1 unspecified atom stereocenters. The minimum absolute atomic E-state index is 0.310. The minimum Gasteiger partial charge on any atom is -0.399 e. The quantitative estimate of drug-likeness (QED) is 0.850. The Morgan fingerprint density at radius 3 is 2.85 bits per heavy atom. The molecule has 1 aliphatic rings. The molecule has 2 aromatic rings. The number of nitrogens with two attached hydrogens (primary N) is 1. The number of anilines is 1. The van der Waals surface area contributed by atoms with Crippen molar-refractivity contribution in [3.63, 3.8) is 0 Å². The third-order valence-electron chi connectivity index (χ3n) is 4.10. The molecule has 0 saturated heterocycles. The van der Waals surface area contributed by atoms with Crippen LogP contribution in [0.25, 0.3) is 11.3 Å². The van der Waals surface area contributed by atoms with E-state index < -0.39 is 0 Å². The Morgan fingerprint density at radius 1 is 1.40 bits per heavy atom. The zero-order valence-corrected chi connectivity index (χ0v) is 11.6. The highest BCUT2D eigenvalue weighted by Gasteiger charge is 2.28. The fraction of sp³-hybridized carbons (Fsp3) is 0.375. The van der Waals surface area contributed by atoms with Gasteiger partial charge >= 0.3 is 0 Å². The van der Waals surface area contributed by atoms with Crippen molar-refractivity contribution in [1.82, 2.24) is 9.78 Å². The van der Waals surface area contributed by atoms with Crippen LogP contribution in [0.5, 0.6) is 0 Å². The van der Waals surface area contributed by atoms with E-state index in [4.69, 9.17) is 16.1 Å². The second-order valence-electron chi connectivity index (χ2n) is 5.41. The highest BCUT2D eigenvalue weighted by molar-refractivity contribution is 5.67. The van der Waals surface area contributed by atoms with Gasteiger partial charge in [0.2, 0.25) is 0 Å². The van der Waals surface area contributed by atoms with Crippen LogP contribution < -0.4 is 5.73 Å². The summed E-state index contributed by atoms with van der Waals surface area (Å²) in [5.41, 5.74) is 11.2. The summed E-state index contributed by atoms with van der Waals surface area (Å²) in [5.74, 6) is 0.310. The monoisotopic (exact) mass is 266 g/mol. The van der Waals surface area contributed by atoms with E-state index in [9.17, 15) is 0 Å². The van der Waals surface area contributed by atoms with Crippen molar-refractivity contribution in [3.8, 4) is 17.3 Å². The van der Waals surface area contributed by atoms with E-state index in [1.807, 2.05) is 36.0 Å². The van der Waals surface area contributed by atoms with Gasteiger partial charge in [-0.2, -0.15) is 10.4 Å². The number of hydrogen-bond donors (Lipinski definition) is 1. The molecule has 4 nitrogen and oxygen atoms in total. The van der Waals surface area contributed by atoms with Crippen molar-refractivity contribution < 1.29 is 0 Å². The lowest BCUT2D eigenvalue weighted by molar-refractivity contribution is 0.542. The smallest absolute Gasteiger partial charge is 0.0961 e. The molecule has 1 aliphatic carbocycles. The Labute approximate surface area is 118 Å². The Balaban J connectivity index is 2.13. The first-order valence-electron chi connectivity index (χ1n) is 6.99. The van der Waals surface area contributed by atoms with E-state index in [0.717, 1.165) is 36.2 Å². The molecule has 0 saturated carbocycles. The summed E-state index contributed by atoms with van der Waals surface area (Å²) >= 11 is 0. The normalized spacial score (nSPS) is 17.5. The molecule has 1 atom stereocenters. The number of hydrogen-bond acceptors (Lipinski definition) is 3. The van der Waals surface area contributed by atoms with Crippen molar-refractivity contribution in [1.29, 1.82) is 5.26 Å². The Bertz CT molecular complexity index is 661. The lowest BCUT2D eigenvalue weighted by Gasteiger charge is -2.21. The minimum atomic E-state index is 0.310. The van der Waals surface area contributed by atoms with E-state index in [2.05, 4.69) is 6.07 Å². The van der Waals surface area contributed by atoms with E-state index in [-0.39, 0.29) is 0 Å². The number of aromatic nitrogens is 2. The van der Waals surface area contributed by atoms with Crippen LogP contribution >= 0.6 is 0 Å². The fourth-order valence-electron chi connectivity index (χ4n) is 3.13. The van der Waals surface area contributed by atoms with Gasteiger partial charge in [0.1, 0.15) is 0 Å². The van der Waals surface area contributed by atoms with E-state index in [1.165, 1.54) is 11.3 Å². The van der Waals surface area contributed by atoms with Gasteiger partial charge in [-0.1, -0.05) is 12.1 Å². The Hall–Kier alpha value is -2.28. The number of benzene rings is 1. The molecule has 4 heteroatoms. The van der Waals surface area contributed by atoms with E-state index >= 15 is 0 Å². The number of rotatable bonds is 2. The summed E-state index contributed by atoms with van der Waals surface area (Å²) in [5, 5.41) is 13.7. The highest BCUT2D eigenvalue weighted by Crippen LogP contribution is 2.39. The molecule has 1 aromatic carbocycles. The van der Waals surface area contributed by atoms with Gasteiger partial charge in [0.15, 0.2) is 0 Å². The topological polar surface area (TPSA) is 67.6 Å². The molecule has 1 heterocycles. The molecule has 20 heavy (non-hydrogen) atoms. The molecule has 2 N–H and O–H groups in total. The van der Waals surface area contributed by atoms with Crippen molar-refractivity contribution >= 4 is 5.69 Å². The molecule has 3 rings (SSSR count). The van der Waals surface area contributed by atoms with Gasteiger partial charge in [-0.05, 0) is 31.4 Å². The predicted molar refractivity (Wildman–Crippen MR) is 79.0 cm³/mol. The first kappa shape index (κ1) is 12.7. The summed E-state index contributed by atoms with van der Waals surface area (Å²) in [6.07, 6.45) is 3.84. The zero-order valence-electron chi connectivity index (χ0n) is 11.6. The lowest BCUT2D eigenvalue weighted by Crippen LogP contribution is -2.11. The van der Waals surface area contributed by atoms with Crippen LogP contribution in [0.3, 0.4) is 0 Å². The van der Waals surface area contributed by atoms with Crippen molar-refractivity contribution in [2.45, 2.75) is 31.6 Å². The van der Waals surface area contributed by atoms with Crippen molar-refractivity contribution in [2.24, 2.45) is 7.05 Å². The maximum Gasteiger partial charge on any atom is 0.0961 e. The molecule has 1 aromatic heterocycles. The second kappa shape index (κ2) is 5.01. The Kier molecular flexibility index (Phi) is 3.19. The third-order valence-corrected chi connectivity index (χ3v) is 4.10. The third kappa shape index (κ3) is 2.05. The van der Waals surface area contributed by atoms with Crippen LogP contribution in [0.15, 0.2) is 24.3 Å². The lowest BCUT2D eigenvalue weighted by atomic mass is 9.82. The first-order valence-corrected chi connectivity index (χ1v) is 6.99. The summed E-state index contributed by atoms with van der Waals surface area (Å²) in [6.45, 7) is 0. The first-order chi connectivity index (χ1) is 9.70. The summed E-state index contributed by atoms with van der Waals surface area (Å²) in [4.78, 5) is 0. The number of aryl methyl sites for hydroxylation is 1. The summed E-state index contributed by atoms with van der Waals surface area (Å²) in [7, 11) is 1.99. The molecule has 0 fully saturated rings. The number of nitriles is 1. The fourth-order valence-corrected chi connectivity index (χ4v) is 3.13. The molecule has 0 bridgehead atoms. The van der Waals surface area contributed by atoms with Gasteiger partial charge in [-0.15, -0.1) is 0 Å². The molecular formula is C16H18N4. The molecule has 102 valence electrons. The van der Waals surface area contributed by atoms with Gasteiger partial charge in [-0.25, -0.2) is 0 Å². The average molecular weight is 266 g/mol. The van der Waals surface area contributed by atoms with Gasteiger partial charge in [0, 0.05) is 41.9 Å². The zero-order chi connectivity index (χ0) is 14.1. The molecule has 0 radical (unpaired) electrons. The predicted octanol–water partition coefficient (Wildman–Crippen LogP) is 3.00.